The molecule has 1 aliphatic heterocycles. The van der Waals surface area contributed by atoms with E-state index in [1.165, 1.54) is 0 Å². The molecule has 0 radical (unpaired) electrons. The number of ether oxygens (including phenoxy) is 1. The van der Waals surface area contributed by atoms with Crippen molar-refractivity contribution in [3.63, 3.8) is 0 Å². The van der Waals surface area contributed by atoms with Gasteiger partial charge in [0.1, 0.15) is 5.75 Å². The summed E-state index contributed by atoms with van der Waals surface area (Å²) in [6.07, 6.45) is -1.16. The maximum absolute atomic E-state index is 7.99. The largest absolute Gasteiger partial charge is 0.493 e. The Hall–Kier alpha value is -1.02. The fourth-order valence-electron chi connectivity index (χ4n) is 2.10. The zero-order valence-electron chi connectivity index (χ0n) is 11.8. The van der Waals surface area contributed by atoms with Crippen molar-refractivity contribution in [1.29, 1.82) is 0 Å². The van der Waals surface area contributed by atoms with Crippen LogP contribution in [0, 0.1) is 5.92 Å². The zero-order chi connectivity index (χ0) is 13.1. The van der Waals surface area contributed by atoms with Crippen LogP contribution in [0.3, 0.4) is 0 Å². The first-order valence-corrected chi connectivity index (χ1v) is 4.91. The molecule has 0 saturated heterocycles. The monoisotopic (exact) mass is 193 g/mol. The first kappa shape index (κ1) is 5.17. The lowest BCUT2D eigenvalue weighted by molar-refractivity contribution is 0.357. The van der Waals surface area contributed by atoms with Crippen molar-refractivity contribution in [2.45, 2.75) is 18.7 Å². The van der Waals surface area contributed by atoms with E-state index in [0.717, 1.165) is 12.0 Å². The molecular weight excluding hydrogens is 174 g/mol. The number of hydrogen-bond acceptors (Lipinski definition) is 2. The van der Waals surface area contributed by atoms with Crippen LogP contribution in [0.25, 0.3) is 0 Å². The van der Waals surface area contributed by atoms with Crippen LogP contribution in [0.4, 0.5) is 0 Å². The third-order valence-corrected chi connectivity index (χ3v) is 3.02. The van der Waals surface area contributed by atoms with Crippen LogP contribution in [0.5, 0.6) is 5.75 Å². The molecule has 0 unspecified atom stereocenters. The van der Waals surface area contributed by atoms with E-state index in [0.29, 0.717) is 23.8 Å². The predicted octanol–water partition coefficient (Wildman–Crippen LogP) is 1.68. The van der Waals surface area contributed by atoms with Gasteiger partial charge in [-0.15, -0.1) is 0 Å². The Morgan fingerprint density at radius 2 is 2.50 bits per heavy atom. The van der Waals surface area contributed by atoms with Crippen molar-refractivity contribution in [2.75, 3.05) is 13.1 Å². The summed E-state index contributed by atoms with van der Waals surface area (Å²) < 4.78 is 36.5. The highest BCUT2D eigenvalue weighted by Crippen LogP contribution is 2.49. The van der Waals surface area contributed by atoms with E-state index in [-0.39, 0.29) is 5.92 Å². The summed E-state index contributed by atoms with van der Waals surface area (Å²) in [6.45, 7) is -1.72. The minimum absolute atomic E-state index is 0.248. The van der Waals surface area contributed by atoms with Crippen LogP contribution in [0.2, 0.25) is 0 Å². The molecule has 1 aromatic carbocycles. The average molecular weight is 193 g/mol. The molecule has 2 N–H and O–H groups in total. The fourth-order valence-corrected chi connectivity index (χ4v) is 2.10. The van der Waals surface area contributed by atoms with Gasteiger partial charge in [0.25, 0.3) is 0 Å². The molecule has 74 valence electrons. The summed E-state index contributed by atoms with van der Waals surface area (Å²) in [5.41, 5.74) is 6.86. The highest BCUT2D eigenvalue weighted by molar-refractivity contribution is 5.46. The summed E-state index contributed by atoms with van der Waals surface area (Å²) in [6, 6.07) is 5.28. The van der Waals surface area contributed by atoms with Crippen LogP contribution in [-0.2, 0) is 6.37 Å². The SMILES string of the molecule is [2H]C1([2H])Oc2cccc([C@@H]3C[C@H]3CN)c2C1([2H])[2H]. The van der Waals surface area contributed by atoms with Gasteiger partial charge < -0.3 is 10.5 Å². The molecule has 0 spiro atoms. The number of hydrogen-bond donors (Lipinski definition) is 1. The Bertz CT molecular complexity index is 503. The van der Waals surface area contributed by atoms with Crippen LogP contribution in [0.1, 0.15) is 28.9 Å². The molecule has 1 fully saturated rings. The molecular formula is C12H15NO. The minimum Gasteiger partial charge on any atom is -0.493 e. The smallest absolute Gasteiger partial charge is 0.122 e. The molecule has 2 aliphatic rings. The van der Waals surface area contributed by atoms with Crippen LogP contribution in [-0.4, -0.2) is 13.1 Å². The Kier molecular flexibility index (Phi) is 1.10. The van der Waals surface area contributed by atoms with Crippen molar-refractivity contribution in [2.24, 2.45) is 11.7 Å². The summed E-state index contributed by atoms with van der Waals surface area (Å²) in [7, 11) is 0. The van der Waals surface area contributed by atoms with E-state index in [1.54, 1.807) is 12.1 Å². The highest BCUT2D eigenvalue weighted by atomic mass is 16.5. The van der Waals surface area contributed by atoms with Gasteiger partial charge in [-0.2, -0.15) is 0 Å². The molecule has 0 amide bonds. The van der Waals surface area contributed by atoms with E-state index in [4.69, 9.17) is 16.0 Å². The third kappa shape index (κ3) is 1.14. The lowest BCUT2D eigenvalue weighted by Gasteiger charge is -2.05. The summed E-state index contributed by atoms with van der Waals surface area (Å²) in [5, 5.41) is 0. The Morgan fingerprint density at radius 1 is 1.57 bits per heavy atom. The Labute approximate surface area is 89.7 Å². The fraction of sp³-hybridized carbons (Fsp3) is 0.500. The number of rotatable bonds is 2. The van der Waals surface area contributed by atoms with Gasteiger partial charge in [-0.25, -0.2) is 0 Å². The number of fused-ring (bicyclic) bond motifs is 1. The predicted molar refractivity (Wildman–Crippen MR) is 55.5 cm³/mol. The average Bonchev–Trinajstić information content (AvgIpc) is 3.03. The lowest BCUT2D eigenvalue weighted by Crippen LogP contribution is -2.02. The summed E-state index contributed by atoms with van der Waals surface area (Å²) in [5.74, 6) is 0.960. The van der Waals surface area contributed by atoms with Crippen LogP contribution in [0.15, 0.2) is 18.2 Å². The van der Waals surface area contributed by atoms with Crippen molar-refractivity contribution in [1.82, 2.24) is 0 Å². The Morgan fingerprint density at radius 3 is 3.29 bits per heavy atom. The van der Waals surface area contributed by atoms with Gasteiger partial charge in [-0.05, 0) is 36.4 Å². The summed E-state index contributed by atoms with van der Waals surface area (Å²) >= 11 is 0. The molecule has 2 atom stereocenters. The Balaban J connectivity index is 2.09. The second-order valence-corrected chi connectivity index (χ2v) is 3.89. The highest BCUT2D eigenvalue weighted by Gasteiger charge is 2.39. The summed E-state index contributed by atoms with van der Waals surface area (Å²) in [4.78, 5) is 0. The lowest BCUT2D eigenvalue weighted by atomic mass is 10.00. The van der Waals surface area contributed by atoms with Gasteiger partial charge in [0, 0.05) is 14.7 Å². The molecule has 3 rings (SSSR count). The van der Waals surface area contributed by atoms with E-state index >= 15 is 0 Å². The standard InChI is InChI=1S/C12H15NO/c13-7-8-6-11(8)9-2-1-3-12-10(9)4-5-14-12/h1-3,8,11H,4-7,13H2/t8-,11+/m0/s1/i4D2,5D2. The molecule has 1 heterocycles. The third-order valence-electron chi connectivity index (χ3n) is 3.02. The molecule has 1 saturated carbocycles. The first-order valence-electron chi connectivity index (χ1n) is 6.91. The van der Waals surface area contributed by atoms with Gasteiger partial charge >= 0.3 is 0 Å². The van der Waals surface area contributed by atoms with Gasteiger partial charge in [-0.1, -0.05) is 12.1 Å². The second kappa shape index (κ2) is 2.99. The van der Waals surface area contributed by atoms with Crippen molar-refractivity contribution in [3.8, 4) is 5.75 Å². The van der Waals surface area contributed by atoms with Crippen molar-refractivity contribution in [3.05, 3.63) is 29.3 Å². The van der Waals surface area contributed by atoms with Gasteiger partial charge in [0.2, 0.25) is 0 Å². The van der Waals surface area contributed by atoms with E-state index in [9.17, 15) is 0 Å². The zero-order valence-corrected chi connectivity index (χ0v) is 7.79. The molecule has 14 heavy (non-hydrogen) atoms. The van der Waals surface area contributed by atoms with Crippen molar-refractivity contribution < 1.29 is 10.2 Å². The van der Waals surface area contributed by atoms with Gasteiger partial charge in [0.05, 0.1) is 9.30 Å². The minimum atomic E-state index is -2.31. The quantitative estimate of drug-likeness (QED) is 0.775. The van der Waals surface area contributed by atoms with Crippen molar-refractivity contribution >= 4 is 0 Å². The topological polar surface area (TPSA) is 35.2 Å². The molecule has 1 aromatic rings. The van der Waals surface area contributed by atoms with E-state index in [2.05, 4.69) is 0 Å². The number of benzene rings is 1. The normalized spacial score (nSPS) is 39.8. The van der Waals surface area contributed by atoms with Crippen LogP contribution >= 0.6 is 0 Å². The molecule has 0 aromatic heterocycles. The van der Waals surface area contributed by atoms with E-state index < -0.39 is 12.9 Å². The van der Waals surface area contributed by atoms with Crippen LogP contribution < -0.4 is 10.5 Å². The maximum atomic E-state index is 7.99. The maximum Gasteiger partial charge on any atom is 0.122 e. The number of nitrogens with two attached hydrogens (primary N) is 1. The molecule has 1 aliphatic carbocycles. The molecule has 2 nitrogen and oxygen atoms in total. The first-order chi connectivity index (χ1) is 8.38. The van der Waals surface area contributed by atoms with E-state index in [1.807, 2.05) is 6.07 Å². The molecule has 0 bridgehead atoms. The molecule has 2 heteroatoms. The second-order valence-electron chi connectivity index (χ2n) is 3.89. The van der Waals surface area contributed by atoms with Gasteiger partial charge in [0.15, 0.2) is 0 Å². The van der Waals surface area contributed by atoms with Gasteiger partial charge in [-0.3, -0.25) is 0 Å².